The molecular formula is C9H10N2O2. The first-order valence-corrected chi connectivity index (χ1v) is 3.77. The SMILES string of the molecule is C=Cc1[nH]nc(C(=O)O)c1/C=C\C. The van der Waals surface area contributed by atoms with E-state index in [1.54, 1.807) is 12.2 Å². The predicted molar refractivity (Wildman–Crippen MR) is 50.3 cm³/mol. The lowest BCUT2D eigenvalue weighted by atomic mass is 10.1. The van der Waals surface area contributed by atoms with Crippen LogP contribution >= 0.6 is 0 Å². The summed E-state index contributed by atoms with van der Waals surface area (Å²) in [6, 6.07) is 0. The van der Waals surface area contributed by atoms with Gasteiger partial charge in [0.2, 0.25) is 0 Å². The molecule has 0 saturated carbocycles. The number of rotatable bonds is 3. The van der Waals surface area contributed by atoms with Crippen molar-refractivity contribution in [2.45, 2.75) is 6.92 Å². The second-order valence-corrected chi connectivity index (χ2v) is 2.41. The molecule has 2 N–H and O–H groups in total. The topological polar surface area (TPSA) is 66.0 Å². The van der Waals surface area contributed by atoms with Gasteiger partial charge >= 0.3 is 5.97 Å². The Morgan fingerprint density at radius 1 is 1.69 bits per heavy atom. The summed E-state index contributed by atoms with van der Waals surface area (Å²) in [5, 5.41) is 15.0. The van der Waals surface area contributed by atoms with Crippen LogP contribution in [0.1, 0.15) is 28.7 Å². The van der Waals surface area contributed by atoms with Crippen molar-refractivity contribution in [2.75, 3.05) is 0 Å². The Morgan fingerprint density at radius 3 is 2.85 bits per heavy atom. The molecule has 0 amide bonds. The van der Waals surface area contributed by atoms with E-state index in [2.05, 4.69) is 16.8 Å². The van der Waals surface area contributed by atoms with E-state index in [9.17, 15) is 4.79 Å². The van der Waals surface area contributed by atoms with Crippen LogP contribution in [0.25, 0.3) is 12.2 Å². The van der Waals surface area contributed by atoms with Crippen molar-refractivity contribution in [3.8, 4) is 0 Å². The van der Waals surface area contributed by atoms with E-state index in [-0.39, 0.29) is 5.69 Å². The third kappa shape index (κ3) is 1.66. The Morgan fingerprint density at radius 2 is 2.38 bits per heavy atom. The largest absolute Gasteiger partial charge is 0.476 e. The van der Waals surface area contributed by atoms with Crippen molar-refractivity contribution in [3.63, 3.8) is 0 Å². The Balaban J connectivity index is 3.29. The molecule has 1 heterocycles. The molecule has 0 saturated heterocycles. The number of aromatic amines is 1. The van der Waals surface area contributed by atoms with Gasteiger partial charge in [0.05, 0.1) is 5.69 Å². The fourth-order valence-electron chi connectivity index (χ4n) is 1.02. The fraction of sp³-hybridized carbons (Fsp3) is 0.111. The minimum absolute atomic E-state index is 0.0213. The van der Waals surface area contributed by atoms with Crippen molar-refractivity contribution in [1.82, 2.24) is 10.2 Å². The number of carboxylic acids is 1. The lowest BCUT2D eigenvalue weighted by molar-refractivity contribution is 0.0690. The minimum Gasteiger partial charge on any atom is -0.476 e. The molecule has 1 aromatic heterocycles. The minimum atomic E-state index is -1.04. The van der Waals surface area contributed by atoms with Crippen LogP contribution in [0.15, 0.2) is 12.7 Å². The number of hydrogen-bond donors (Lipinski definition) is 2. The van der Waals surface area contributed by atoms with Crippen molar-refractivity contribution < 1.29 is 9.90 Å². The van der Waals surface area contributed by atoms with Gasteiger partial charge in [-0.15, -0.1) is 0 Å². The van der Waals surface area contributed by atoms with E-state index in [1.165, 1.54) is 6.08 Å². The van der Waals surface area contributed by atoms with Crippen LogP contribution in [-0.4, -0.2) is 21.3 Å². The van der Waals surface area contributed by atoms with E-state index in [1.807, 2.05) is 6.92 Å². The lowest BCUT2D eigenvalue weighted by Gasteiger charge is -1.91. The molecule has 0 aliphatic heterocycles. The number of aromatic nitrogens is 2. The lowest BCUT2D eigenvalue weighted by Crippen LogP contribution is -1.98. The summed E-state index contributed by atoms with van der Waals surface area (Å²) in [5.74, 6) is -1.04. The van der Waals surface area contributed by atoms with Crippen LogP contribution in [0.4, 0.5) is 0 Å². The van der Waals surface area contributed by atoms with Crippen LogP contribution in [-0.2, 0) is 0 Å². The van der Waals surface area contributed by atoms with Crippen molar-refractivity contribution >= 4 is 18.1 Å². The number of H-pyrrole nitrogens is 1. The fourth-order valence-corrected chi connectivity index (χ4v) is 1.02. The molecule has 0 fully saturated rings. The summed E-state index contributed by atoms with van der Waals surface area (Å²) in [5.41, 5.74) is 1.20. The summed E-state index contributed by atoms with van der Waals surface area (Å²) < 4.78 is 0. The molecule has 4 heteroatoms. The average Bonchev–Trinajstić information content (AvgIpc) is 2.48. The smallest absolute Gasteiger partial charge is 0.357 e. The van der Waals surface area contributed by atoms with Crippen LogP contribution in [0.2, 0.25) is 0 Å². The Kier molecular flexibility index (Phi) is 2.64. The molecule has 1 aromatic rings. The molecule has 0 aromatic carbocycles. The van der Waals surface area contributed by atoms with Crippen LogP contribution in [0, 0.1) is 0 Å². The first-order valence-electron chi connectivity index (χ1n) is 3.77. The number of nitrogens with one attached hydrogen (secondary N) is 1. The summed E-state index contributed by atoms with van der Waals surface area (Å²) in [7, 11) is 0. The molecule has 0 spiro atoms. The summed E-state index contributed by atoms with van der Waals surface area (Å²) in [6.07, 6.45) is 4.98. The van der Waals surface area contributed by atoms with Crippen LogP contribution in [0.3, 0.4) is 0 Å². The van der Waals surface area contributed by atoms with Gasteiger partial charge in [-0.3, -0.25) is 5.10 Å². The zero-order valence-electron chi connectivity index (χ0n) is 7.24. The average molecular weight is 178 g/mol. The van der Waals surface area contributed by atoms with Gasteiger partial charge in [0.15, 0.2) is 5.69 Å². The van der Waals surface area contributed by atoms with Crippen molar-refractivity contribution in [3.05, 3.63) is 29.6 Å². The number of nitrogens with zero attached hydrogens (tertiary/aromatic N) is 1. The molecule has 0 bridgehead atoms. The van der Waals surface area contributed by atoms with Gasteiger partial charge in [-0.25, -0.2) is 4.79 Å². The number of hydrogen-bond acceptors (Lipinski definition) is 2. The van der Waals surface area contributed by atoms with Gasteiger partial charge in [-0.2, -0.15) is 5.10 Å². The van der Waals surface area contributed by atoms with E-state index in [4.69, 9.17) is 5.11 Å². The normalized spacial score (nSPS) is 10.5. The quantitative estimate of drug-likeness (QED) is 0.741. The summed E-state index contributed by atoms with van der Waals surface area (Å²) in [4.78, 5) is 10.7. The Bertz CT molecular complexity index is 364. The van der Waals surface area contributed by atoms with E-state index >= 15 is 0 Å². The Labute approximate surface area is 75.6 Å². The van der Waals surface area contributed by atoms with Gasteiger partial charge in [-0.1, -0.05) is 18.7 Å². The molecule has 13 heavy (non-hydrogen) atoms. The van der Waals surface area contributed by atoms with Crippen LogP contribution in [0.5, 0.6) is 0 Å². The predicted octanol–water partition coefficient (Wildman–Crippen LogP) is 1.78. The van der Waals surface area contributed by atoms with Gasteiger partial charge in [0.25, 0.3) is 0 Å². The monoisotopic (exact) mass is 178 g/mol. The Hall–Kier alpha value is -1.84. The maximum Gasteiger partial charge on any atom is 0.357 e. The molecule has 1 rings (SSSR count). The number of carboxylic acid groups (broad SMARTS) is 1. The highest BCUT2D eigenvalue weighted by Crippen LogP contribution is 2.14. The van der Waals surface area contributed by atoms with Gasteiger partial charge < -0.3 is 5.11 Å². The summed E-state index contributed by atoms with van der Waals surface area (Å²) >= 11 is 0. The van der Waals surface area contributed by atoms with E-state index in [0.29, 0.717) is 11.3 Å². The molecule has 4 nitrogen and oxygen atoms in total. The molecule has 0 radical (unpaired) electrons. The van der Waals surface area contributed by atoms with Crippen molar-refractivity contribution in [1.29, 1.82) is 0 Å². The van der Waals surface area contributed by atoms with Gasteiger partial charge in [-0.05, 0) is 13.0 Å². The maximum atomic E-state index is 10.7. The van der Waals surface area contributed by atoms with E-state index in [0.717, 1.165) is 0 Å². The zero-order valence-corrected chi connectivity index (χ0v) is 7.24. The highest BCUT2D eigenvalue weighted by atomic mass is 16.4. The van der Waals surface area contributed by atoms with Crippen LogP contribution < -0.4 is 0 Å². The van der Waals surface area contributed by atoms with Gasteiger partial charge in [0, 0.05) is 5.56 Å². The van der Waals surface area contributed by atoms with Gasteiger partial charge in [0.1, 0.15) is 0 Å². The second kappa shape index (κ2) is 3.71. The molecular weight excluding hydrogens is 168 g/mol. The van der Waals surface area contributed by atoms with E-state index < -0.39 is 5.97 Å². The highest BCUT2D eigenvalue weighted by Gasteiger charge is 2.14. The highest BCUT2D eigenvalue weighted by molar-refractivity contribution is 5.91. The molecule has 0 unspecified atom stereocenters. The molecule has 0 aliphatic rings. The number of allylic oxidation sites excluding steroid dienone is 1. The third-order valence-electron chi connectivity index (χ3n) is 1.57. The summed E-state index contributed by atoms with van der Waals surface area (Å²) in [6.45, 7) is 5.36. The molecule has 68 valence electrons. The molecule has 0 atom stereocenters. The molecule has 0 aliphatic carbocycles. The second-order valence-electron chi connectivity index (χ2n) is 2.41. The maximum absolute atomic E-state index is 10.7. The first kappa shape index (κ1) is 9.25. The first-order chi connectivity index (χ1) is 6.20. The third-order valence-corrected chi connectivity index (χ3v) is 1.57. The zero-order chi connectivity index (χ0) is 9.84. The standard InChI is InChI=1S/C9H10N2O2/c1-3-5-6-7(4-2)10-11-8(6)9(12)13/h3-5H,2H2,1H3,(H,10,11)(H,12,13)/b5-3-. The van der Waals surface area contributed by atoms with Crippen molar-refractivity contribution in [2.24, 2.45) is 0 Å². The number of aromatic carboxylic acids is 1. The number of carbonyl (C=O) groups is 1.